The van der Waals surface area contributed by atoms with Gasteiger partial charge in [0.05, 0.1) is 20.8 Å². The lowest BCUT2D eigenvalue weighted by Crippen LogP contribution is -2.00. The summed E-state index contributed by atoms with van der Waals surface area (Å²) in [4.78, 5) is 0. The van der Waals surface area contributed by atoms with E-state index in [1.807, 2.05) is 54.6 Å². The minimum atomic E-state index is -0.0459. The Hall–Kier alpha value is -2.46. The van der Waals surface area contributed by atoms with Crippen LogP contribution in [0.25, 0.3) is 6.08 Å². The Kier molecular flexibility index (Phi) is 5.86. The summed E-state index contributed by atoms with van der Waals surface area (Å²) in [6.45, 7) is 0.630. The van der Waals surface area contributed by atoms with Crippen LogP contribution in [0.5, 0.6) is 11.5 Å². The monoisotopic (exact) mass is 299 g/mol. The van der Waals surface area contributed by atoms with Crippen molar-refractivity contribution in [2.45, 2.75) is 6.61 Å². The molecule has 2 N–H and O–H groups in total. The van der Waals surface area contributed by atoms with Crippen molar-refractivity contribution in [2.75, 3.05) is 26.1 Å². The van der Waals surface area contributed by atoms with Crippen molar-refractivity contribution in [3.05, 3.63) is 59.7 Å². The second-order valence-electron chi connectivity index (χ2n) is 4.71. The molecular weight excluding hydrogens is 278 g/mol. The average Bonchev–Trinajstić information content (AvgIpc) is 2.58. The molecule has 2 aromatic rings. The second kappa shape index (κ2) is 8.10. The van der Waals surface area contributed by atoms with E-state index < -0.39 is 0 Å². The van der Waals surface area contributed by atoms with Crippen molar-refractivity contribution in [1.82, 2.24) is 0 Å². The summed E-state index contributed by atoms with van der Waals surface area (Å²) < 4.78 is 10.5. The zero-order chi connectivity index (χ0) is 15.8. The van der Waals surface area contributed by atoms with Crippen LogP contribution in [0, 0.1) is 0 Å². The third-order valence-corrected chi connectivity index (χ3v) is 3.31. The largest absolute Gasteiger partial charge is 0.496 e. The van der Waals surface area contributed by atoms with Crippen LogP contribution >= 0.6 is 0 Å². The average molecular weight is 299 g/mol. The molecule has 0 saturated heterocycles. The highest BCUT2D eigenvalue weighted by atomic mass is 16.5. The van der Waals surface area contributed by atoms with Crippen LogP contribution in [0.15, 0.2) is 48.5 Å². The van der Waals surface area contributed by atoms with E-state index >= 15 is 0 Å². The van der Waals surface area contributed by atoms with Crippen molar-refractivity contribution in [2.24, 2.45) is 0 Å². The van der Waals surface area contributed by atoms with Gasteiger partial charge < -0.3 is 19.9 Å². The summed E-state index contributed by atoms with van der Waals surface area (Å²) in [5, 5.41) is 12.6. The van der Waals surface area contributed by atoms with Crippen LogP contribution < -0.4 is 14.8 Å². The molecule has 0 saturated carbocycles. The molecule has 0 heterocycles. The molecule has 22 heavy (non-hydrogen) atoms. The molecule has 0 amide bonds. The molecule has 0 aliphatic rings. The van der Waals surface area contributed by atoms with Gasteiger partial charge in [0.25, 0.3) is 0 Å². The maximum atomic E-state index is 9.32. The SMILES string of the molecule is COc1ccccc1/C=C/CNc1ccc(OC)c(CO)c1. The van der Waals surface area contributed by atoms with Gasteiger partial charge in [0.15, 0.2) is 0 Å². The van der Waals surface area contributed by atoms with Crippen molar-refractivity contribution < 1.29 is 14.6 Å². The number of ether oxygens (including phenoxy) is 2. The summed E-state index contributed by atoms with van der Waals surface area (Å²) in [5.74, 6) is 1.54. The number of anilines is 1. The molecule has 4 nitrogen and oxygen atoms in total. The Morgan fingerprint density at radius 3 is 2.55 bits per heavy atom. The Bertz CT molecular complexity index is 638. The highest BCUT2D eigenvalue weighted by molar-refractivity contribution is 5.58. The fourth-order valence-electron chi connectivity index (χ4n) is 2.18. The molecule has 0 aliphatic heterocycles. The first kappa shape index (κ1) is 15.9. The number of benzene rings is 2. The third kappa shape index (κ3) is 4.02. The minimum absolute atomic E-state index is 0.0459. The molecule has 116 valence electrons. The summed E-state index contributed by atoms with van der Waals surface area (Å²) in [7, 11) is 3.26. The molecule has 0 aromatic heterocycles. The van der Waals surface area contributed by atoms with E-state index in [-0.39, 0.29) is 6.61 Å². The maximum Gasteiger partial charge on any atom is 0.126 e. The van der Waals surface area contributed by atoms with E-state index in [0.29, 0.717) is 12.3 Å². The van der Waals surface area contributed by atoms with Gasteiger partial charge in [-0.2, -0.15) is 0 Å². The highest BCUT2D eigenvalue weighted by Gasteiger charge is 2.02. The number of methoxy groups -OCH3 is 2. The van der Waals surface area contributed by atoms with Crippen molar-refractivity contribution >= 4 is 11.8 Å². The van der Waals surface area contributed by atoms with Gasteiger partial charge in [0.2, 0.25) is 0 Å². The standard InChI is InChI=1S/C18H21NO3/c1-21-17-8-4-3-6-14(17)7-5-11-19-16-9-10-18(22-2)15(12-16)13-20/h3-10,12,19-20H,11,13H2,1-2H3/b7-5+. The van der Waals surface area contributed by atoms with Gasteiger partial charge >= 0.3 is 0 Å². The predicted molar refractivity (Wildman–Crippen MR) is 89.4 cm³/mol. The summed E-state index contributed by atoms with van der Waals surface area (Å²) in [6.07, 6.45) is 4.04. The van der Waals surface area contributed by atoms with Crippen LogP contribution in [0.4, 0.5) is 5.69 Å². The number of aliphatic hydroxyl groups excluding tert-OH is 1. The van der Waals surface area contributed by atoms with Crippen LogP contribution in [0.2, 0.25) is 0 Å². The molecule has 0 radical (unpaired) electrons. The first-order valence-electron chi connectivity index (χ1n) is 7.09. The van der Waals surface area contributed by atoms with Crippen molar-refractivity contribution in [1.29, 1.82) is 0 Å². The number of hydrogen-bond donors (Lipinski definition) is 2. The fourth-order valence-corrected chi connectivity index (χ4v) is 2.18. The molecule has 0 unspecified atom stereocenters. The van der Waals surface area contributed by atoms with Crippen LogP contribution in [-0.2, 0) is 6.61 Å². The number of nitrogens with one attached hydrogen (secondary N) is 1. The highest BCUT2D eigenvalue weighted by Crippen LogP contribution is 2.22. The normalized spacial score (nSPS) is 10.7. The molecule has 0 bridgehead atoms. The molecule has 0 atom stereocenters. The molecule has 2 aromatic carbocycles. The van der Waals surface area contributed by atoms with Gasteiger partial charge in [0, 0.05) is 23.4 Å². The number of rotatable bonds is 7. The van der Waals surface area contributed by atoms with Crippen molar-refractivity contribution in [3.8, 4) is 11.5 Å². The molecular formula is C18H21NO3. The number of para-hydroxylation sites is 1. The molecule has 0 fully saturated rings. The Labute approximate surface area is 131 Å². The lowest BCUT2D eigenvalue weighted by Gasteiger charge is -2.09. The number of aliphatic hydroxyl groups is 1. The van der Waals surface area contributed by atoms with E-state index in [4.69, 9.17) is 9.47 Å². The Balaban J connectivity index is 1.97. The van der Waals surface area contributed by atoms with Crippen molar-refractivity contribution in [3.63, 3.8) is 0 Å². The predicted octanol–water partition coefficient (Wildman–Crippen LogP) is 3.32. The van der Waals surface area contributed by atoms with E-state index in [1.165, 1.54) is 0 Å². The van der Waals surface area contributed by atoms with E-state index in [1.54, 1.807) is 14.2 Å². The second-order valence-corrected chi connectivity index (χ2v) is 4.71. The van der Waals surface area contributed by atoms with Gasteiger partial charge in [-0.1, -0.05) is 30.4 Å². The Morgan fingerprint density at radius 2 is 1.82 bits per heavy atom. The molecule has 4 heteroatoms. The van der Waals surface area contributed by atoms with Gasteiger partial charge in [0.1, 0.15) is 11.5 Å². The van der Waals surface area contributed by atoms with Gasteiger partial charge in [-0.25, -0.2) is 0 Å². The van der Waals surface area contributed by atoms with E-state index in [9.17, 15) is 5.11 Å². The first-order chi connectivity index (χ1) is 10.8. The molecule has 0 aliphatic carbocycles. The maximum absolute atomic E-state index is 9.32. The molecule has 2 rings (SSSR count). The Morgan fingerprint density at radius 1 is 1.05 bits per heavy atom. The summed E-state index contributed by atoms with van der Waals surface area (Å²) in [6, 6.07) is 13.5. The third-order valence-electron chi connectivity index (χ3n) is 3.31. The lowest BCUT2D eigenvalue weighted by atomic mass is 10.1. The van der Waals surface area contributed by atoms with E-state index in [2.05, 4.69) is 5.32 Å². The zero-order valence-electron chi connectivity index (χ0n) is 12.9. The van der Waals surface area contributed by atoms with Crippen LogP contribution in [0.3, 0.4) is 0 Å². The zero-order valence-corrected chi connectivity index (χ0v) is 12.9. The van der Waals surface area contributed by atoms with Gasteiger partial charge in [-0.15, -0.1) is 0 Å². The molecule has 0 spiro atoms. The number of hydrogen-bond acceptors (Lipinski definition) is 4. The van der Waals surface area contributed by atoms with Crippen LogP contribution in [0.1, 0.15) is 11.1 Å². The lowest BCUT2D eigenvalue weighted by molar-refractivity contribution is 0.274. The fraction of sp³-hybridized carbons (Fsp3) is 0.222. The quantitative estimate of drug-likeness (QED) is 0.823. The first-order valence-corrected chi connectivity index (χ1v) is 7.09. The summed E-state index contributed by atoms with van der Waals surface area (Å²) >= 11 is 0. The van der Waals surface area contributed by atoms with Crippen LogP contribution in [-0.4, -0.2) is 25.9 Å². The minimum Gasteiger partial charge on any atom is -0.496 e. The topological polar surface area (TPSA) is 50.7 Å². The summed E-state index contributed by atoms with van der Waals surface area (Å²) in [5.41, 5.74) is 2.74. The van der Waals surface area contributed by atoms with Gasteiger partial charge in [-0.05, 0) is 24.3 Å². The van der Waals surface area contributed by atoms with Gasteiger partial charge in [-0.3, -0.25) is 0 Å². The van der Waals surface area contributed by atoms with E-state index in [0.717, 1.165) is 22.6 Å². The smallest absolute Gasteiger partial charge is 0.126 e.